The van der Waals surface area contributed by atoms with Crippen LogP contribution >= 0.6 is 0 Å². The van der Waals surface area contributed by atoms with E-state index in [9.17, 15) is 9.59 Å². The van der Waals surface area contributed by atoms with Crippen molar-refractivity contribution in [2.75, 3.05) is 13.2 Å². The Balaban J connectivity index is 1.29. The lowest BCUT2D eigenvalue weighted by Crippen LogP contribution is -2.43. The Morgan fingerprint density at radius 2 is 1.81 bits per heavy atom. The maximum absolute atomic E-state index is 12.3. The summed E-state index contributed by atoms with van der Waals surface area (Å²) in [7, 11) is 0. The molecule has 5 nitrogen and oxygen atoms in total. The second-order valence-electron chi connectivity index (χ2n) is 6.40. The van der Waals surface area contributed by atoms with E-state index in [1.807, 2.05) is 54.6 Å². The summed E-state index contributed by atoms with van der Waals surface area (Å²) in [5.41, 5.74) is 1.36. The Hall–Kier alpha value is -3.34. The molecule has 0 saturated heterocycles. The van der Waals surface area contributed by atoms with E-state index in [1.54, 1.807) is 12.1 Å². The summed E-state index contributed by atoms with van der Waals surface area (Å²) in [6.07, 6.45) is -0.410. The monoisotopic (exact) mass is 361 g/mol. The zero-order chi connectivity index (χ0) is 18.6. The number of fused-ring (bicyclic) bond motifs is 2. The fraction of sp³-hybridized carbons (Fsp3) is 0.182. The van der Waals surface area contributed by atoms with Gasteiger partial charge in [0, 0.05) is 6.42 Å². The number of cyclic esters (lactones) is 1. The second kappa shape index (κ2) is 7.50. The highest BCUT2D eigenvalue weighted by molar-refractivity contribution is 5.95. The molecule has 0 bridgehead atoms. The molecule has 0 radical (unpaired) electrons. The molecule has 0 aliphatic carbocycles. The molecule has 1 unspecified atom stereocenters. The van der Waals surface area contributed by atoms with Crippen molar-refractivity contribution in [3.05, 3.63) is 77.9 Å². The first-order valence-electron chi connectivity index (χ1n) is 8.89. The standard InChI is InChI=1S/C22H19NO4/c24-21(20-14-17-7-3-4-8-19(17)22(25)27-20)23-11-12-26-18-10-9-15-5-1-2-6-16(15)13-18/h1-10,13,20H,11-12,14H2,(H,23,24). The van der Waals surface area contributed by atoms with Gasteiger partial charge < -0.3 is 14.8 Å². The number of nitrogens with one attached hydrogen (secondary N) is 1. The van der Waals surface area contributed by atoms with Crippen molar-refractivity contribution in [2.24, 2.45) is 0 Å². The molecule has 0 spiro atoms. The Kier molecular flexibility index (Phi) is 4.75. The predicted molar refractivity (Wildman–Crippen MR) is 102 cm³/mol. The van der Waals surface area contributed by atoms with E-state index in [4.69, 9.17) is 9.47 Å². The van der Waals surface area contributed by atoms with Crippen molar-refractivity contribution < 1.29 is 19.1 Å². The fourth-order valence-electron chi connectivity index (χ4n) is 3.19. The van der Waals surface area contributed by atoms with E-state index in [0.29, 0.717) is 25.1 Å². The molecular formula is C22H19NO4. The first kappa shape index (κ1) is 17.1. The van der Waals surface area contributed by atoms with Gasteiger partial charge in [0.25, 0.3) is 5.91 Å². The second-order valence-corrected chi connectivity index (χ2v) is 6.40. The van der Waals surface area contributed by atoms with Gasteiger partial charge in [-0.1, -0.05) is 48.5 Å². The van der Waals surface area contributed by atoms with Crippen LogP contribution < -0.4 is 10.1 Å². The maximum atomic E-state index is 12.3. The third kappa shape index (κ3) is 3.77. The van der Waals surface area contributed by atoms with Crippen molar-refractivity contribution in [1.82, 2.24) is 5.32 Å². The van der Waals surface area contributed by atoms with Gasteiger partial charge in [-0.15, -0.1) is 0 Å². The van der Waals surface area contributed by atoms with Crippen LogP contribution in [0.15, 0.2) is 66.7 Å². The summed E-state index contributed by atoms with van der Waals surface area (Å²) in [4.78, 5) is 24.3. The number of rotatable bonds is 5. The van der Waals surface area contributed by atoms with E-state index in [-0.39, 0.29) is 5.91 Å². The Morgan fingerprint density at radius 1 is 1.04 bits per heavy atom. The quantitative estimate of drug-likeness (QED) is 0.560. The maximum Gasteiger partial charge on any atom is 0.339 e. The number of hydrogen-bond donors (Lipinski definition) is 1. The zero-order valence-corrected chi connectivity index (χ0v) is 14.7. The normalized spacial score (nSPS) is 15.7. The molecular weight excluding hydrogens is 342 g/mol. The molecule has 27 heavy (non-hydrogen) atoms. The molecule has 1 heterocycles. The van der Waals surface area contributed by atoms with Crippen molar-refractivity contribution in [1.29, 1.82) is 0 Å². The number of benzene rings is 3. The lowest BCUT2D eigenvalue weighted by atomic mass is 9.98. The summed E-state index contributed by atoms with van der Waals surface area (Å²) in [5, 5.41) is 5.02. The summed E-state index contributed by atoms with van der Waals surface area (Å²) in [6.45, 7) is 0.669. The average Bonchev–Trinajstić information content (AvgIpc) is 2.71. The Bertz CT molecular complexity index is 998. The molecule has 3 aromatic carbocycles. The van der Waals surface area contributed by atoms with Gasteiger partial charge in [-0.25, -0.2) is 4.79 Å². The third-order valence-corrected chi connectivity index (χ3v) is 4.58. The molecule has 1 atom stereocenters. The number of carbonyl (C=O) groups is 2. The van der Waals surface area contributed by atoms with Crippen LogP contribution in [0.1, 0.15) is 15.9 Å². The van der Waals surface area contributed by atoms with E-state index >= 15 is 0 Å². The molecule has 3 aromatic rings. The molecule has 1 aliphatic rings. The van der Waals surface area contributed by atoms with Crippen molar-refractivity contribution in [3.63, 3.8) is 0 Å². The zero-order valence-electron chi connectivity index (χ0n) is 14.7. The van der Waals surface area contributed by atoms with Crippen LogP contribution in [0.3, 0.4) is 0 Å². The number of ether oxygens (including phenoxy) is 2. The van der Waals surface area contributed by atoms with Crippen LogP contribution in [0, 0.1) is 0 Å². The van der Waals surface area contributed by atoms with E-state index in [2.05, 4.69) is 5.32 Å². The molecule has 5 heteroatoms. The minimum absolute atomic E-state index is 0.306. The van der Waals surface area contributed by atoms with Gasteiger partial charge in [0.2, 0.25) is 0 Å². The molecule has 136 valence electrons. The van der Waals surface area contributed by atoms with E-state index < -0.39 is 12.1 Å². The number of carbonyl (C=O) groups excluding carboxylic acids is 2. The molecule has 1 amide bonds. The minimum Gasteiger partial charge on any atom is -0.492 e. The Labute approximate surface area is 156 Å². The number of amides is 1. The van der Waals surface area contributed by atoms with Crippen molar-refractivity contribution in [2.45, 2.75) is 12.5 Å². The first-order valence-corrected chi connectivity index (χ1v) is 8.89. The lowest BCUT2D eigenvalue weighted by molar-refractivity contribution is -0.130. The van der Waals surface area contributed by atoms with Gasteiger partial charge in [-0.05, 0) is 34.5 Å². The van der Waals surface area contributed by atoms with Gasteiger partial charge in [-0.3, -0.25) is 4.79 Å². The van der Waals surface area contributed by atoms with Gasteiger partial charge in [0.1, 0.15) is 12.4 Å². The highest BCUT2D eigenvalue weighted by Gasteiger charge is 2.30. The molecule has 1 N–H and O–H groups in total. The molecule has 1 aliphatic heterocycles. The summed E-state index contributed by atoms with van der Waals surface area (Å²) in [6, 6.07) is 21.1. The van der Waals surface area contributed by atoms with Crippen molar-refractivity contribution in [3.8, 4) is 5.75 Å². The van der Waals surface area contributed by atoms with Gasteiger partial charge in [0.05, 0.1) is 12.1 Å². The van der Waals surface area contributed by atoms with Gasteiger partial charge in [-0.2, -0.15) is 0 Å². The lowest BCUT2D eigenvalue weighted by Gasteiger charge is -2.23. The van der Waals surface area contributed by atoms with Crippen LogP contribution in [0.5, 0.6) is 5.75 Å². The molecule has 0 aromatic heterocycles. The fourth-order valence-corrected chi connectivity index (χ4v) is 3.19. The summed E-state index contributed by atoms with van der Waals surface area (Å²) < 4.78 is 11.0. The van der Waals surface area contributed by atoms with Crippen LogP contribution in [0.25, 0.3) is 10.8 Å². The van der Waals surface area contributed by atoms with Crippen LogP contribution in [0.4, 0.5) is 0 Å². The molecule has 0 fully saturated rings. The third-order valence-electron chi connectivity index (χ3n) is 4.58. The molecule has 0 saturated carbocycles. The summed E-state index contributed by atoms with van der Waals surface area (Å²) >= 11 is 0. The average molecular weight is 361 g/mol. The summed E-state index contributed by atoms with van der Waals surface area (Å²) in [5.74, 6) is -0.00894. The number of esters is 1. The smallest absolute Gasteiger partial charge is 0.339 e. The molecule has 4 rings (SSSR count). The van der Waals surface area contributed by atoms with E-state index in [0.717, 1.165) is 22.1 Å². The Morgan fingerprint density at radius 3 is 2.70 bits per heavy atom. The van der Waals surface area contributed by atoms with Crippen LogP contribution in [0.2, 0.25) is 0 Å². The topological polar surface area (TPSA) is 64.6 Å². The van der Waals surface area contributed by atoms with Crippen LogP contribution in [-0.2, 0) is 16.0 Å². The van der Waals surface area contributed by atoms with Crippen LogP contribution in [-0.4, -0.2) is 31.1 Å². The highest BCUT2D eigenvalue weighted by Crippen LogP contribution is 2.21. The van der Waals surface area contributed by atoms with Crippen molar-refractivity contribution >= 4 is 22.6 Å². The SMILES string of the molecule is O=C1OC(C(=O)NCCOc2ccc3ccccc3c2)Cc2ccccc21. The minimum atomic E-state index is -0.798. The highest BCUT2D eigenvalue weighted by atomic mass is 16.5. The first-order chi connectivity index (χ1) is 13.2. The predicted octanol–water partition coefficient (Wildman–Crippen LogP) is 3.12. The number of hydrogen-bond acceptors (Lipinski definition) is 4. The van der Waals surface area contributed by atoms with Gasteiger partial charge in [0.15, 0.2) is 6.10 Å². The largest absolute Gasteiger partial charge is 0.492 e. The van der Waals surface area contributed by atoms with E-state index in [1.165, 1.54) is 0 Å². The van der Waals surface area contributed by atoms with Gasteiger partial charge >= 0.3 is 5.97 Å².